The monoisotopic (exact) mass is 312 g/mol. The van der Waals surface area contributed by atoms with Gasteiger partial charge < -0.3 is 14.7 Å². The van der Waals surface area contributed by atoms with Gasteiger partial charge in [-0.25, -0.2) is 4.79 Å². The van der Waals surface area contributed by atoms with Crippen molar-refractivity contribution in [2.24, 2.45) is 5.92 Å². The fraction of sp³-hybridized carbons (Fsp3) is 0.941. The second-order valence-corrected chi connectivity index (χ2v) is 7.76. The van der Waals surface area contributed by atoms with Crippen molar-refractivity contribution >= 4 is 6.09 Å². The van der Waals surface area contributed by atoms with E-state index in [1.165, 1.54) is 12.8 Å². The van der Waals surface area contributed by atoms with Gasteiger partial charge in [-0.15, -0.1) is 0 Å². The first-order chi connectivity index (χ1) is 10.4. The average Bonchev–Trinajstić information content (AvgIpc) is 2.46. The number of carbonyl (C=O) groups excluding carboxylic acids is 1. The molecule has 2 saturated heterocycles. The number of carbonyl (C=O) groups is 1. The van der Waals surface area contributed by atoms with Crippen molar-refractivity contribution in [3.05, 3.63) is 0 Å². The van der Waals surface area contributed by atoms with Gasteiger partial charge in [0.25, 0.3) is 0 Å². The number of amides is 1. The SMILES string of the molecule is CC(C)(C)OC(=O)N1CCCC(CN2CCCCC2CO)C1. The van der Waals surface area contributed by atoms with Crippen molar-refractivity contribution < 1.29 is 14.6 Å². The Balaban J connectivity index is 1.86. The van der Waals surface area contributed by atoms with Gasteiger partial charge in [0.15, 0.2) is 0 Å². The van der Waals surface area contributed by atoms with Gasteiger partial charge in [0.05, 0.1) is 6.61 Å². The maximum atomic E-state index is 12.2. The summed E-state index contributed by atoms with van der Waals surface area (Å²) in [7, 11) is 0. The first-order valence-corrected chi connectivity index (χ1v) is 8.72. The lowest BCUT2D eigenvalue weighted by molar-refractivity contribution is 0.0100. The van der Waals surface area contributed by atoms with Crippen LogP contribution in [0.25, 0.3) is 0 Å². The molecule has 0 aromatic rings. The summed E-state index contributed by atoms with van der Waals surface area (Å²) < 4.78 is 5.49. The molecule has 1 amide bonds. The van der Waals surface area contributed by atoms with Gasteiger partial charge in [0.1, 0.15) is 5.60 Å². The van der Waals surface area contributed by atoms with Crippen LogP contribution in [0.3, 0.4) is 0 Å². The van der Waals surface area contributed by atoms with Crippen molar-refractivity contribution in [2.45, 2.75) is 64.5 Å². The van der Waals surface area contributed by atoms with E-state index in [9.17, 15) is 9.90 Å². The molecule has 0 radical (unpaired) electrons. The lowest BCUT2D eigenvalue weighted by atomic mass is 9.94. The summed E-state index contributed by atoms with van der Waals surface area (Å²) in [5.41, 5.74) is -0.432. The van der Waals surface area contributed by atoms with Crippen LogP contribution < -0.4 is 0 Å². The summed E-state index contributed by atoms with van der Waals surface area (Å²) >= 11 is 0. The van der Waals surface area contributed by atoms with Crippen molar-refractivity contribution in [3.63, 3.8) is 0 Å². The second kappa shape index (κ2) is 7.64. The molecule has 128 valence electrons. The number of aliphatic hydroxyl groups is 1. The van der Waals surface area contributed by atoms with Gasteiger partial charge in [-0.2, -0.15) is 0 Å². The predicted molar refractivity (Wildman–Crippen MR) is 86.8 cm³/mol. The van der Waals surface area contributed by atoms with Crippen LogP contribution in [-0.4, -0.2) is 65.4 Å². The van der Waals surface area contributed by atoms with Gasteiger partial charge in [-0.3, -0.25) is 4.90 Å². The van der Waals surface area contributed by atoms with E-state index >= 15 is 0 Å². The number of likely N-dealkylation sites (tertiary alicyclic amines) is 2. The lowest BCUT2D eigenvalue weighted by Gasteiger charge is -2.40. The Hall–Kier alpha value is -0.810. The molecular weight excluding hydrogens is 280 g/mol. The van der Waals surface area contributed by atoms with Gasteiger partial charge in [0, 0.05) is 25.7 Å². The van der Waals surface area contributed by atoms with Crippen LogP contribution in [0.5, 0.6) is 0 Å². The molecular formula is C17H32N2O3. The summed E-state index contributed by atoms with van der Waals surface area (Å²) in [5, 5.41) is 9.53. The van der Waals surface area contributed by atoms with Crippen LogP contribution in [0.15, 0.2) is 0 Å². The molecule has 1 N–H and O–H groups in total. The van der Waals surface area contributed by atoms with Gasteiger partial charge >= 0.3 is 6.09 Å². The van der Waals surface area contributed by atoms with Gasteiger partial charge in [-0.1, -0.05) is 6.42 Å². The van der Waals surface area contributed by atoms with Crippen LogP contribution in [0, 0.1) is 5.92 Å². The van der Waals surface area contributed by atoms with E-state index in [0.717, 1.165) is 45.4 Å². The predicted octanol–water partition coefficient (Wildman–Crippen LogP) is 2.48. The van der Waals surface area contributed by atoms with E-state index in [0.29, 0.717) is 12.0 Å². The summed E-state index contributed by atoms with van der Waals surface area (Å²) in [6, 6.07) is 0.311. The molecule has 0 aliphatic carbocycles. The topological polar surface area (TPSA) is 53.0 Å². The highest BCUT2D eigenvalue weighted by Crippen LogP contribution is 2.24. The number of nitrogens with zero attached hydrogens (tertiary/aromatic N) is 2. The normalized spacial score (nSPS) is 27.7. The Morgan fingerprint density at radius 2 is 1.95 bits per heavy atom. The molecule has 2 aliphatic rings. The smallest absolute Gasteiger partial charge is 0.410 e. The van der Waals surface area contributed by atoms with E-state index in [2.05, 4.69) is 4.90 Å². The summed E-state index contributed by atoms with van der Waals surface area (Å²) in [6.07, 6.45) is 5.55. The molecule has 2 aliphatic heterocycles. The van der Waals surface area contributed by atoms with Crippen molar-refractivity contribution in [2.75, 3.05) is 32.8 Å². The molecule has 0 saturated carbocycles. The number of rotatable bonds is 3. The fourth-order valence-corrected chi connectivity index (χ4v) is 3.55. The first kappa shape index (κ1) is 17.5. The second-order valence-electron chi connectivity index (χ2n) is 7.76. The minimum absolute atomic E-state index is 0.186. The molecule has 0 aromatic heterocycles. The van der Waals surface area contributed by atoms with E-state index in [4.69, 9.17) is 4.74 Å². The third-order valence-corrected chi connectivity index (χ3v) is 4.62. The maximum absolute atomic E-state index is 12.2. The Morgan fingerprint density at radius 3 is 2.64 bits per heavy atom. The Bertz CT molecular complexity index is 367. The summed E-state index contributed by atoms with van der Waals surface area (Å²) in [5.74, 6) is 0.494. The molecule has 2 unspecified atom stereocenters. The van der Waals surface area contributed by atoms with Crippen LogP contribution in [-0.2, 0) is 4.74 Å². The summed E-state index contributed by atoms with van der Waals surface area (Å²) in [6.45, 7) is 9.63. The van der Waals surface area contributed by atoms with E-state index in [1.807, 2.05) is 25.7 Å². The van der Waals surface area contributed by atoms with Crippen molar-refractivity contribution in [1.29, 1.82) is 0 Å². The molecule has 2 fully saturated rings. The van der Waals surface area contributed by atoms with Gasteiger partial charge in [0.2, 0.25) is 0 Å². The zero-order valence-electron chi connectivity index (χ0n) is 14.4. The van der Waals surface area contributed by atoms with E-state index in [1.54, 1.807) is 0 Å². The highest BCUT2D eigenvalue weighted by Gasteiger charge is 2.30. The number of ether oxygens (including phenoxy) is 1. The molecule has 0 spiro atoms. The molecule has 5 nitrogen and oxygen atoms in total. The fourth-order valence-electron chi connectivity index (χ4n) is 3.55. The molecule has 2 atom stereocenters. The third kappa shape index (κ3) is 5.13. The quantitative estimate of drug-likeness (QED) is 0.870. The Kier molecular flexibility index (Phi) is 6.09. The minimum atomic E-state index is -0.432. The minimum Gasteiger partial charge on any atom is -0.444 e. The zero-order chi connectivity index (χ0) is 16.2. The lowest BCUT2D eigenvalue weighted by Crippen LogP contribution is -2.49. The third-order valence-electron chi connectivity index (χ3n) is 4.62. The molecule has 0 aromatic carbocycles. The maximum Gasteiger partial charge on any atom is 0.410 e. The summed E-state index contributed by atoms with van der Waals surface area (Å²) in [4.78, 5) is 16.5. The number of piperidine rings is 2. The van der Waals surface area contributed by atoms with Crippen LogP contribution >= 0.6 is 0 Å². The Morgan fingerprint density at radius 1 is 1.18 bits per heavy atom. The van der Waals surface area contributed by atoms with Crippen molar-refractivity contribution in [1.82, 2.24) is 9.80 Å². The molecule has 2 rings (SSSR count). The zero-order valence-corrected chi connectivity index (χ0v) is 14.4. The van der Waals surface area contributed by atoms with Crippen LogP contribution in [0.2, 0.25) is 0 Å². The highest BCUT2D eigenvalue weighted by molar-refractivity contribution is 5.68. The largest absolute Gasteiger partial charge is 0.444 e. The van der Waals surface area contributed by atoms with Crippen LogP contribution in [0.1, 0.15) is 52.9 Å². The van der Waals surface area contributed by atoms with Crippen molar-refractivity contribution in [3.8, 4) is 0 Å². The van der Waals surface area contributed by atoms with E-state index in [-0.39, 0.29) is 12.7 Å². The molecule has 22 heavy (non-hydrogen) atoms. The first-order valence-electron chi connectivity index (χ1n) is 8.72. The average molecular weight is 312 g/mol. The Labute approximate surface area is 134 Å². The number of hydrogen-bond acceptors (Lipinski definition) is 4. The van der Waals surface area contributed by atoms with Gasteiger partial charge in [-0.05, 0) is 58.9 Å². The highest BCUT2D eigenvalue weighted by atomic mass is 16.6. The van der Waals surface area contributed by atoms with E-state index < -0.39 is 5.60 Å². The molecule has 2 heterocycles. The number of hydrogen-bond donors (Lipinski definition) is 1. The standard InChI is InChI=1S/C17H32N2O3/c1-17(2,3)22-16(21)19-10-6-7-14(12-19)11-18-9-5-4-8-15(18)13-20/h14-15,20H,4-13H2,1-3H3. The van der Waals surface area contributed by atoms with Crippen LogP contribution in [0.4, 0.5) is 4.79 Å². The molecule has 5 heteroatoms. The number of aliphatic hydroxyl groups excluding tert-OH is 1. The molecule has 0 bridgehead atoms.